The molecular formula is C15H17N3OS2. The molecule has 0 saturated heterocycles. The molecule has 0 bridgehead atoms. The van der Waals surface area contributed by atoms with Gasteiger partial charge in [-0.05, 0) is 29.3 Å². The second-order valence-corrected chi connectivity index (χ2v) is 6.78. The summed E-state index contributed by atoms with van der Waals surface area (Å²) in [4.78, 5) is 20.6. The van der Waals surface area contributed by atoms with Gasteiger partial charge in [-0.15, -0.1) is 22.7 Å². The topological polar surface area (TPSA) is 57.8 Å². The van der Waals surface area contributed by atoms with E-state index in [4.69, 9.17) is 0 Å². The molecule has 3 aromatic rings. The molecule has 1 unspecified atom stereocenters. The fraction of sp³-hybridized carbons (Fsp3) is 0.333. The van der Waals surface area contributed by atoms with Crippen molar-refractivity contribution < 1.29 is 0 Å². The van der Waals surface area contributed by atoms with Crippen molar-refractivity contribution in [3.05, 3.63) is 50.0 Å². The van der Waals surface area contributed by atoms with Gasteiger partial charge in [0, 0.05) is 10.9 Å². The second-order valence-electron chi connectivity index (χ2n) is 4.89. The molecule has 0 aliphatic rings. The zero-order valence-corrected chi connectivity index (χ0v) is 13.4. The van der Waals surface area contributed by atoms with Crippen LogP contribution in [-0.2, 0) is 6.54 Å². The van der Waals surface area contributed by atoms with Crippen LogP contribution in [0.3, 0.4) is 0 Å². The van der Waals surface area contributed by atoms with Crippen LogP contribution in [0, 0.1) is 0 Å². The van der Waals surface area contributed by atoms with Crippen LogP contribution < -0.4 is 10.9 Å². The van der Waals surface area contributed by atoms with Gasteiger partial charge in [0.2, 0.25) is 0 Å². The minimum Gasteiger partial charge on any atom is -0.308 e. The Morgan fingerprint density at radius 3 is 3.00 bits per heavy atom. The average Bonchev–Trinajstić information content (AvgIpc) is 3.14. The summed E-state index contributed by atoms with van der Waals surface area (Å²) in [6.07, 6.45) is 2.19. The molecule has 3 rings (SSSR count). The van der Waals surface area contributed by atoms with Gasteiger partial charge in [0.15, 0.2) is 0 Å². The SMILES string of the molecule is CCCC(NCc1nc2ccsc2c(=O)[nH]1)c1cccs1. The molecule has 21 heavy (non-hydrogen) atoms. The third-order valence-corrected chi connectivity index (χ3v) is 5.23. The van der Waals surface area contributed by atoms with E-state index < -0.39 is 0 Å². The Labute approximate surface area is 130 Å². The van der Waals surface area contributed by atoms with E-state index in [1.807, 2.05) is 11.4 Å². The second kappa shape index (κ2) is 6.51. The minimum atomic E-state index is -0.0463. The van der Waals surface area contributed by atoms with E-state index in [-0.39, 0.29) is 5.56 Å². The molecule has 0 aliphatic carbocycles. The predicted octanol–water partition coefficient (Wildman–Crippen LogP) is 3.68. The highest BCUT2D eigenvalue weighted by molar-refractivity contribution is 7.17. The first-order chi connectivity index (χ1) is 10.3. The van der Waals surface area contributed by atoms with Crippen LogP contribution in [0.25, 0.3) is 10.2 Å². The molecule has 0 radical (unpaired) electrons. The Kier molecular flexibility index (Phi) is 4.48. The number of hydrogen-bond acceptors (Lipinski definition) is 5. The van der Waals surface area contributed by atoms with E-state index in [2.05, 4.69) is 39.7 Å². The fourth-order valence-electron chi connectivity index (χ4n) is 2.35. The summed E-state index contributed by atoms with van der Waals surface area (Å²) in [5.74, 6) is 0.698. The van der Waals surface area contributed by atoms with Gasteiger partial charge in [0.1, 0.15) is 10.5 Å². The lowest BCUT2D eigenvalue weighted by molar-refractivity contribution is 0.492. The molecule has 0 amide bonds. The zero-order valence-electron chi connectivity index (χ0n) is 11.8. The van der Waals surface area contributed by atoms with Gasteiger partial charge in [-0.2, -0.15) is 0 Å². The molecule has 1 atom stereocenters. The summed E-state index contributed by atoms with van der Waals surface area (Å²) >= 11 is 3.19. The van der Waals surface area contributed by atoms with Crippen LogP contribution >= 0.6 is 22.7 Å². The number of nitrogens with one attached hydrogen (secondary N) is 2. The Morgan fingerprint density at radius 2 is 2.24 bits per heavy atom. The maximum atomic E-state index is 11.9. The van der Waals surface area contributed by atoms with E-state index in [0.29, 0.717) is 23.1 Å². The summed E-state index contributed by atoms with van der Waals surface area (Å²) in [6.45, 7) is 2.75. The summed E-state index contributed by atoms with van der Waals surface area (Å²) in [6, 6.07) is 6.43. The van der Waals surface area contributed by atoms with Crippen LogP contribution in [0.2, 0.25) is 0 Å². The molecule has 0 saturated carbocycles. The third-order valence-electron chi connectivity index (χ3n) is 3.34. The molecule has 0 spiro atoms. The highest BCUT2D eigenvalue weighted by Gasteiger charge is 2.12. The minimum absolute atomic E-state index is 0.0463. The number of H-pyrrole nitrogens is 1. The summed E-state index contributed by atoms with van der Waals surface area (Å²) in [5.41, 5.74) is 0.735. The van der Waals surface area contributed by atoms with E-state index in [1.54, 1.807) is 11.3 Å². The molecule has 110 valence electrons. The number of thiophene rings is 2. The first kappa shape index (κ1) is 14.4. The number of aromatic amines is 1. The van der Waals surface area contributed by atoms with Gasteiger partial charge >= 0.3 is 0 Å². The van der Waals surface area contributed by atoms with Crippen molar-refractivity contribution in [3.63, 3.8) is 0 Å². The standard InChI is InChI=1S/C15H17N3OS2/c1-2-4-10(12-5-3-7-20-12)16-9-13-17-11-6-8-21-14(11)15(19)18-13/h3,5-8,10,16H,2,4,9H2,1H3,(H,17,18,19). The van der Waals surface area contributed by atoms with E-state index in [0.717, 1.165) is 18.4 Å². The normalized spacial score (nSPS) is 12.8. The van der Waals surface area contributed by atoms with Crippen LogP contribution in [0.15, 0.2) is 33.8 Å². The van der Waals surface area contributed by atoms with Crippen molar-refractivity contribution in [2.45, 2.75) is 32.4 Å². The quantitative estimate of drug-likeness (QED) is 0.729. The Morgan fingerprint density at radius 1 is 1.33 bits per heavy atom. The van der Waals surface area contributed by atoms with Crippen molar-refractivity contribution in [1.29, 1.82) is 0 Å². The van der Waals surface area contributed by atoms with Gasteiger partial charge in [-0.3, -0.25) is 4.79 Å². The van der Waals surface area contributed by atoms with Crippen LogP contribution in [-0.4, -0.2) is 9.97 Å². The molecule has 4 nitrogen and oxygen atoms in total. The van der Waals surface area contributed by atoms with Gasteiger partial charge in [0.25, 0.3) is 5.56 Å². The predicted molar refractivity (Wildman–Crippen MR) is 89.0 cm³/mol. The lowest BCUT2D eigenvalue weighted by Crippen LogP contribution is -2.23. The smallest absolute Gasteiger partial charge is 0.268 e. The highest BCUT2D eigenvalue weighted by Crippen LogP contribution is 2.23. The van der Waals surface area contributed by atoms with Crippen molar-refractivity contribution >= 4 is 32.9 Å². The van der Waals surface area contributed by atoms with E-state index >= 15 is 0 Å². The monoisotopic (exact) mass is 319 g/mol. The largest absolute Gasteiger partial charge is 0.308 e. The van der Waals surface area contributed by atoms with Crippen LogP contribution in [0.5, 0.6) is 0 Å². The first-order valence-electron chi connectivity index (χ1n) is 7.01. The molecule has 3 heterocycles. The van der Waals surface area contributed by atoms with Crippen LogP contribution in [0.4, 0.5) is 0 Å². The lowest BCUT2D eigenvalue weighted by Gasteiger charge is -2.16. The average molecular weight is 319 g/mol. The summed E-state index contributed by atoms with van der Waals surface area (Å²) < 4.78 is 0.696. The van der Waals surface area contributed by atoms with Gasteiger partial charge in [-0.25, -0.2) is 4.98 Å². The molecule has 0 aliphatic heterocycles. The number of fused-ring (bicyclic) bond motifs is 1. The maximum Gasteiger partial charge on any atom is 0.268 e. The van der Waals surface area contributed by atoms with Crippen molar-refractivity contribution in [2.24, 2.45) is 0 Å². The van der Waals surface area contributed by atoms with Crippen molar-refractivity contribution in [3.8, 4) is 0 Å². The molecule has 6 heteroatoms. The lowest BCUT2D eigenvalue weighted by atomic mass is 10.1. The Hall–Kier alpha value is -1.50. The van der Waals surface area contributed by atoms with E-state index in [9.17, 15) is 4.79 Å². The number of rotatable bonds is 6. The van der Waals surface area contributed by atoms with Crippen LogP contribution in [0.1, 0.15) is 36.5 Å². The number of nitrogens with zero attached hydrogens (tertiary/aromatic N) is 1. The summed E-state index contributed by atoms with van der Waals surface area (Å²) in [7, 11) is 0. The molecule has 0 fully saturated rings. The van der Waals surface area contributed by atoms with Gasteiger partial charge in [0.05, 0.1) is 12.1 Å². The maximum absolute atomic E-state index is 11.9. The molecule has 3 aromatic heterocycles. The number of hydrogen-bond donors (Lipinski definition) is 2. The Bertz CT molecular complexity index is 761. The zero-order chi connectivity index (χ0) is 14.7. The van der Waals surface area contributed by atoms with Gasteiger partial charge < -0.3 is 10.3 Å². The van der Waals surface area contributed by atoms with Crippen molar-refractivity contribution in [2.75, 3.05) is 0 Å². The molecule has 2 N–H and O–H groups in total. The fourth-order valence-corrected chi connectivity index (χ4v) is 3.91. The number of aromatic nitrogens is 2. The third kappa shape index (κ3) is 3.23. The van der Waals surface area contributed by atoms with Gasteiger partial charge in [-0.1, -0.05) is 19.4 Å². The first-order valence-corrected chi connectivity index (χ1v) is 8.77. The molecule has 0 aromatic carbocycles. The summed E-state index contributed by atoms with van der Waals surface area (Å²) in [5, 5.41) is 7.50. The van der Waals surface area contributed by atoms with Crippen molar-refractivity contribution in [1.82, 2.24) is 15.3 Å². The van der Waals surface area contributed by atoms with E-state index in [1.165, 1.54) is 16.2 Å². The Balaban J connectivity index is 1.76. The highest BCUT2D eigenvalue weighted by atomic mass is 32.1. The molecular weight excluding hydrogens is 302 g/mol.